The number of carboxylic acid groups (broad SMARTS) is 1. The molecule has 0 N–H and O–H groups in total. The fourth-order valence-electron chi connectivity index (χ4n) is 5.53. The van der Waals surface area contributed by atoms with Crippen molar-refractivity contribution >= 4 is 27.1 Å². The maximum absolute atomic E-state index is 10.3. The Labute approximate surface area is 271 Å². The summed E-state index contributed by atoms with van der Waals surface area (Å²) in [7, 11) is 0. The molecule has 0 aromatic carbocycles. The summed E-state index contributed by atoms with van der Waals surface area (Å²) in [5.41, 5.74) is 0. The second-order valence-electron chi connectivity index (χ2n) is 12.8. The van der Waals surface area contributed by atoms with Gasteiger partial charge in [-0.05, 0) is 12.8 Å². The average molecular weight is 685 g/mol. The van der Waals surface area contributed by atoms with Crippen LogP contribution in [-0.4, -0.2) is 27.1 Å². The van der Waals surface area contributed by atoms with Crippen LogP contribution >= 0.6 is 0 Å². The molecular weight excluding hydrogens is 607 g/mol. The summed E-state index contributed by atoms with van der Waals surface area (Å²) in [5.74, 6) is -0.901. The van der Waals surface area contributed by atoms with Crippen molar-refractivity contribution in [1.82, 2.24) is 0 Å². The number of unbranched alkanes of at least 4 members (excludes halogenated alkanes) is 28. The number of hydrogen-bond donors (Lipinski definition) is 0. The molecule has 0 amide bonds. The SMILES string of the molecule is CCCCCCCCCCCCCCCCCCCCCC(=O)[O-].CCCCCCC[CH2][Sn+][CH2]CCCCCCC. The van der Waals surface area contributed by atoms with Gasteiger partial charge < -0.3 is 9.90 Å². The van der Waals surface area contributed by atoms with Gasteiger partial charge in [0.25, 0.3) is 0 Å². The van der Waals surface area contributed by atoms with Gasteiger partial charge in [-0.2, -0.15) is 0 Å². The predicted octanol–water partition coefficient (Wildman–Crippen LogP) is 12.8. The fourth-order valence-corrected chi connectivity index (χ4v) is 9.10. The third kappa shape index (κ3) is 47.4. The first-order valence-corrected chi connectivity index (χ1v) is 23.1. The Hall–Kier alpha value is 0.269. The van der Waals surface area contributed by atoms with Crippen LogP contribution in [0.2, 0.25) is 8.87 Å². The molecule has 0 saturated carbocycles. The molecule has 3 heteroatoms. The monoisotopic (exact) mass is 685 g/mol. The first-order chi connectivity index (χ1) is 20.2. The van der Waals surface area contributed by atoms with E-state index in [9.17, 15) is 9.90 Å². The van der Waals surface area contributed by atoms with Crippen LogP contribution in [0.15, 0.2) is 0 Å². The van der Waals surface area contributed by atoms with E-state index in [1.807, 2.05) is 0 Å². The van der Waals surface area contributed by atoms with E-state index in [0.717, 1.165) is 12.8 Å². The van der Waals surface area contributed by atoms with Gasteiger partial charge in [-0.15, -0.1) is 0 Å². The van der Waals surface area contributed by atoms with Crippen molar-refractivity contribution in [2.24, 2.45) is 0 Å². The molecule has 0 aliphatic heterocycles. The van der Waals surface area contributed by atoms with Gasteiger partial charge in [-0.3, -0.25) is 0 Å². The Bertz CT molecular complexity index is 440. The third-order valence-corrected chi connectivity index (χ3v) is 12.4. The Morgan fingerprint density at radius 2 is 0.585 bits per heavy atom. The zero-order chi connectivity index (χ0) is 30.3. The molecule has 0 saturated heterocycles. The first-order valence-electron chi connectivity index (χ1n) is 19.1. The Kier molecular flexibility index (Phi) is 44.9. The van der Waals surface area contributed by atoms with E-state index < -0.39 is 5.97 Å². The van der Waals surface area contributed by atoms with Crippen LogP contribution in [0.3, 0.4) is 0 Å². The molecule has 0 fully saturated rings. The summed E-state index contributed by atoms with van der Waals surface area (Å²) >= 11 is 0.0736. The van der Waals surface area contributed by atoms with Gasteiger partial charge in [0, 0.05) is 5.97 Å². The van der Waals surface area contributed by atoms with Crippen molar-refractivity contribution < 1.29 is 9.90 Å². The van der Waals surface area contributed by atoms with Crippen molar-refractivity contribution in [2.45, 2.75) is 235 Å². The van der Waals surface area contributed by atoms with Gasteiger partial charge in [0.2, 0.25) is 0 Å². The van der Waals surface area contributed by atoms with Crippen molar-refractivity contribution in [2.75, 3.05) is 0 Å². The Morgan fingerprint density at radius 1 is 0.366 bits per heavy atom. The topological polar surface area (TPSA) is 40.1 Å². The van der Waals surface area contributed by atoms with Gasteiger partial charge in [0.1, 0.15) is 0 Å². The summed E-state index contributed by atoms with van der Waals surface area (Å²) in [6.07, 6.45) is 43.6. The van der Waals surface area contributed by atoms with Crippen LogP contribution < -0.4 is 5.11 Å². The average Bonchev–Trinajstić information content (AvgIpc) is 2.97. The fraction of sp³-hybridized carbons (Fsp3) is 0.974. The maximum atomic E-state index is 10.3. The molecule has 0 spiro atoms. The molecule has 1 radical (unpaired) electrons. The normalized spacial score (nSPS) is 10.9. The molecule has 2 nitrogen and oxygen atoms in total. The molecule has 0 aromatic rings. The number of carbonyl (C=O) groups is 1. The molecule has 0 aliphatic carbocycles. The van der Waals surface area contributed by atoms with Crippen molar-refractivity contribution in [1.29, 1.82) is 0 Å². The number of rotatable bonds is 34. The van der Waals surface area contributed by atoms with Gasteiger partial charge in [0.05, 0.1) is 0 Å². The Morgan fingerprint density at radius 3 is 0.829 bits per heavy atom. The second kappa shape index (κ2) is 42.4. The predicted molar refractivity (Wildman–Crippen MR) is 185 cm³/mol. The van der Waals surface area contributed by atoms with Gasteiger partial charge in [-0.25, -0.2) is 0 Å². The van der Waals surface area contributed by atoms with Gasteiger partial charge in [0.15, 0.2) is 0 Å². The zero-order valence-corrected chi connectivity index (χ0v) is 31.7. The van der Waals surface area contributed by atoms with Crippen LogP contribution in [0, 0.1) is 0 Å². The summed E-state index contributed by atoms with van der Waals surface area (Å²) in [6.45, 7) is 6.88. The quantitative estimate of drug-likeness (QED) is 0.0500. The van der Waals surface area contributed by atoms with Crippen LogP contribution in [0.1, 0.15) is 226 Å². The minimum atomic E-state index is -0.901. The molecule has 0 atom stereocenters. The molecule has 0 rings (SSSR count). The van der Waals surface area contributed by atoms with E-state index in [4.69, 9.17) is 0 Å². The number of aliphatic carboxylic acids is 1. The summed E-state index contributed by atoms with van der Waals surface area (Å²) in [6, 6.07) is 0. The van der Waals surface area contributed by atoms with Crippen molar-refractivity contribution in [3.63, 3.8) is 0 Å². The van der Waals surface area contributed by atoms with E-state index >= 15 is 0 Å². The van der Waals surface area contributed by atoms with E-state index in [1.165, 1.54) is 173 Å². The van der Waals surface area contributed by atoms with E-state index in [0.29, 0.717) is 0 Å². The molecule has 0 aliphatic rings. The van der Waals surface area contributed by atoms with E-state index in [1.54, 1.807) is 21.7 Å². The summed E-state index contributed by atoms with van der Waals surface area (Å²) < 4.78 is 3.31. The molecule has 0 bridgehead atoms. The molecule has 0 unspecified atom stereocenters. The molecule has 41 heavy (non-hydrogen) atoms. The third-order valence-electron chi connectivity index (χ3n) is 8.40. The number of carboxylic acids is 1. The van der Waals surface area contributed by atoms with E-state index in [-0.39, 0.29) is 27.6 Å². The van der Waals surface area contributed by atoms with Crippen LogP contribution in [-0.2, 0) is 4.79 Å². The minimum absolute atomic E-state index is 0.0736. The summed E-state index contributed by atoms with van der Waals surface area (Å²) in [5, 5.41) is 10.3. The summed E-state index contributed by atoms with van der Waals surface area (Å²) in [4.78, 5) is 10.3. The first kappa shape index (κ1) is 43.4. The van der Waals surface area contributed by atoms with E-state index in [2.05, 4.69) is 20.8 Å². The van der Waals surface area contributed by atoms with Gasteiger partial charge in [-0.1, -0.05) is 122 Å². The molecule has 245 valence electrons. The molecule has 0 aromatic heterocycles. The van der Waals surface area contributed by atoms with Crippen LogP contribution in [0.4, 0.5) is 0 Å². The van der Waals surface area contributed by atoms with Crippen molar-refractivity contribution in [3.8, 4) is 0 Å². The standard InChI is InChI=1S/C22H44O2.2C8H17.Sn/c1-2-3-4-5-6-7-8-9-10-11-12-13-14-15-16-17-18-19-20-21-22(23)24;2*1-3-5-7-8-6-4-2;/h2-21H2,1H3,(H,23,24);2*1,3-8H2,2H3;/q;;;+1/p-1. The van der Waals surface area contributed by atoms with Crippen LogP contribution in [0.5, 0.6) is 0 Å². The zero-order valence-electron chi connectivity index (χ0n) is 28.9. The number of carbonyl (C=O) groups excluding carboxylic acids is 1. The van der Waals surface area contributed by atoms with Crippen molar-refractivity contribution in [3.05, 3.63) is 0 Å². The molecule has 0 heterocycles. The molecular formula is C38H77O2Sn. The number of hydrogen-bond acceptors (Lipinski definition) is 2. The Balaban J connectivity index is 0. The second-order valence-corrected chi connectivity index (χ2v) is 17.1. The van der Waals surface area contributed by atoms with Crippen LogP contribution in [0.25, 0.3) is 0 Å². The van der Waals surface area contributed by atoms with Gasteiger partial charge >= 0.3 is 121 Å².